The van der Waals surface area contributed by atoms with Gasteiger partial charge < -0.3 is 4.74 Å². The van der Waals surface area contributed by atoms with Crippen LogP contribution in [0.1, 0.15) is 5.56 Å². The van der Waals surface area contributed by atoms with E-state index >= 15 is 0 Å². The number of aromatic nitrogens is 2. The van der Waals surface area contributed by atoms with Gasteiger partial charge in [-0.15, -0.1) is 0 Å². The van der Waals surface area contributed by atoms with Crippen molar-refractivity contribution in [3.05, 3.63) is 93.2 Å². The normalized spacial score (nSPS) is 11.1. The molecular formula is C24H19BrN4O3S. The van der Waals surface area contributed by atoms with Crippen LogP contribution in [0.5, 0.6) is 5.75 Å². The Hall–Kier alpha value is -3.43. The number of carbonyl (C=O) groups excluding carboxylic acids is 1. The lowest BCUT2D eigenvalue weighted by molar-refractivity contribution is -0.118. The molecule has 0 aliphatic rings. The maximum atomic E-state index is 13.3. The van der Waals surface area contributed by atoms with Gasteiger partial charge in [-0.2, -0.15) is 5.10 Å². The smallest absolute Gasteiger partial charge is 0.266 e. The third kappa shape index (κ3) is 5.50. The van der Waals surface area contributed by atoms with Crippen molar-refractivity contribution in [3.8, 4) is 11.4 Å². The minimum Gasteiger partial charge on any atom is -0.497 e. The van der Waals surface area contributed by atoms with E-state index in [4.69, 9.17) is 4.74 Å². The van der Waals surface area contributed by atoms with E-state index in [0.717, 1.165) is 10.0 Å². The Morgan fingerprint density at radius 2 is 1.85 bits per heavy atom. The third-order valence-corrected chi connectivity index (χ3v) is 6.15. The monoisotopic (exact) mass is 522 g/mol. The minimum absolute atomic E-state index is 0.0403. The first-order valence-corrected chi connectivity index (χ1v) is 11.7. The molecule has 0 aliphatic carbocycles. The molecule has 166 valence electrons. The summed E-state index contributed by atoms with van der Waals surface area (Å²) < 4.78 is 7.68. The first kappa shape index (κ1) is 22.8. The molecule has 0 radical (unpaired) electrons. The second-order valence-corrected chi connectivity index (χ2v) is 8.74. The Balaban J connectivity index is 1.56. The number of thioether (sulfide) groups is 1. The van der Waals surface area contributed by atoms with Gasteiger partial charge in [0, 0.05) is 4.47 Å². The molecule has 0 bridgehead atoms. The summed E-state index contributed by atoms with van der Waals surface area (Å²) in [4.78, 5) is 30.2. The van der Waals surface area contributed by atoms with Crippen LogP contribution in [0.4, 0.5) is 0 Å². The quantitative estimate of drug-likeness (QED) is 0.168. The van der Waals surface area contributed by atoms with Gasteiger partial charge in [0.15, 0.2) is 5.16 Å². The number of fused-ring (bicyclic) bond motifs is 1. The number of ether oxygens (including phenoxy) is 1. The lowest BCUT2D eigenvalue weighted by Crippen LogP contribution is -2.24. The maximum absolute atomic E-state index is 13.3. The fourth-order valence-corrected chi connectivity index (χ4v) is 4.13. The Morgan fingerprint density at radius 3 is 2.58 bits per heavy atom. The van der Waals surface area contributed by atoms with E-state index in [1.165, 1.54) is 16.3 Å². The molecule has 0 unspecified atom stereocenters. The first-order valence-electron chi connectivity index (χ1n) is 9.91. The number of methoxy groups -OCH3 is 1. The molecule has 0 fully saturated rings. The van der Waals surface area contributed by atoms with E-state index in [1.54, 1.807) is 55.8 Å². The summed E-state index contributed by atoms with van der Waals surface area (Å²) in [6.45, 7) is 0. The highest BCUT2D eigenvalue weighted by Gasteiger charge is 2.15. The number of hydrogen-bond donors (Lipinski definition) is 1. The summed E-state index contributed by atoms with van der Waals surface area (Å²) in [5.74, 6) is 0.410. The zero-order valence-corrected chi connectivity index (χ0v) is 20.0. The fraction of sp³-hybridized carbons (Fsp3) is 0.0833. The molecule has 3 aromatic carbocycles. The van der Waals surface area contributed by atoms with Crippen LogP contribution >= 0.6 is 27.7 Å². The molecule has 1 amide bonds. The van der Waals surface area contributed by atoms with Crippen LogP contribution in [0.15, 0.2) is 92.3 Å². The highest BCUT2D eigenvalue weighted by atomic mass is 79.9. The van der Waals surface area contributed by atoms with Crippen molar-refractivity contribution in [1.29, 1.82) is 0 Å². The molecule has 1 aromatic heterocycles. The molecule has 0 atom stereocenters. The third-order valence-electron chi connectivity index (χ3n) is 4.68. The molecule has 0 spiro atoms. The van der Waals surface area contributed by atoms with Gasteiger partial charge in [-0.05, 0) is 54.1 Å². The Labute approximate surface area is 202 Å². The maximum Gasteiger partial charge on any atom is 0.266 e. The molecule has 7 nitrogen and oxygen atoms in total. The number of hydrogen-bond acceptors (Lipinski definition) is 6. The highest BCUT2D eigenvalue weighted by molar-refractivity contribution is 9.10. The molecule has 9 heteroatoms. The molecule has 0 saturated carbocycles. The van der Waals surface area contributed by atoms with Gasteiger partial charge in [-0.1, -0.05) is 52.0 Å². The van der Waals surface area contributed by atoms with E-state index in [2.05, 4.69) is 31.4 Å². The predicted molar refractivity (Wildman–Crippen MR) is 134 cm³/mol. The van der Waals surface area contributed by atoms with Crippen molar-refractivity contribution in [2.75, 3.05) is 12.9 Å². The Bertz CT molecular complexity index is 1370. The number of nitrogens with one attached hydrogen (secondary N) is 1. The number of carbonyl (C=O) groups is 1. The Morgan fingerprint density at radius 1 is 1.12 bits per heavy atom. The van der Waals surface area contributed by atoms with Gasteiger partial charge in [-0.25, -0.2) is 10.4 Å². The van der Waals surface area contributed by atoms with Gasteiger partial charge in [0.2, 0.25) is 0 Å². The van der Waals surface area contributed by atoms with Crippen molar-refractivity contribution in [3.63, 3.8) is 0 Å². The number of benzene rings is 3. The second-order valence-electron chi connectivity index (χ2n) is 6.88. The van der Waals surface area contributed by atoms with Crippen molar-refractivity contribution >= 4 is 50.7 Å². The lowest BCUT2D eigenvalue weighted by Gasteiger charge is -2.13. The lowest BCUT2D eigenvalue weighted by atomic mass is 10.2. The van der Waals surface area contributed by atoms with Gasteiger partial charge in [-0.3, -0.25) is 14.2 Å². The molecule has 0 aliphatic heterocycles. The van der Waals surface area contributed by atoms with E-state index < -0.39 is 0 Å². The van der Waals surface area contributed by atoms with Crippen molar-refractivity contribution in [2.45, 2.75) is 5.16 Å². The molecular weight excluding hydrogens is 504 g/mol. The van der Waals surface area contributed by atoms with Crippen LogP contribution in [0.2, 0.25) is 0 Å². The van der Waals surface area contributed by atoms with Gasteiger partial charge in [0.1, 0.15) is 5.75 Å². The van der Waals surface area contributed by atoms with Gasteiger partial charge >= 0.3 is 0 Å². The topological polar surface area (TPSA) is 85.6 Å². The predicted octanol–water partition coefficient (Wildman–Crippen LogP) is 4.40. The summed E-state index contributed by atoms with van der Waals surface area (Å²) in [6, 6.07) is 21.8. The summed E-state index contributed by atoms with van der Waals surface area (Å²) in [5, 5.41) is 4.91. The van der Waals surface area contributed by atoms with Crippen molar-refractivity contribution in [2.24, 2.45) is 5.10 Å². The SMILES string of the molecule is COc1ccc(-n2c(SCC(=O)N/N=C\c3ccc(Br)cc3)nc3ccccc3c2=O)cc1. The minimum atomic E-state index is -0.308. The summed E-state index contributed by atoms with van der Waals surface area (Å²) in [6.07, 6.45) is 1.57. The van der Waals surface area contributed by atoms with E-state index in [-0.39, 0.29) is 17.2 Å². The molecule has 1 heterocycles. The van der Waals surface area contributed by atoms with Crippen LogP contribution in [0, 0.1) is 0 Å². The van der Waals surface area contributed by atoms with Crippen LogP contribution in [0.3, 0.4) is 0 Å². The molecule has 4 aromatic rings. The number of halogens is 1. The summed E-state index contributed by atoms with van der Waals surface area (Å²) in [5.41, 5.74) is 4.37. The zero-order chi connectivity index (χ0) is 23.2. The first-order chi connectivity index (χ1) is 16.0. The van der Waals surface area contributed by atoms with Crippen LogP contribution < -0.4 is 15.7 Å². The Kier molecular flexibility index (Phi) is 7.21. The number of rotatable bonds is 7. The number of amides is 1. The average Bonchev–Trinajstić information content (AvgIpc) is 2.84. The van der Waals surface area contributed by atoms with E-state index in [1.807, 2.05) is 30.3 Å². The van der Waals surface area contributed by atoms with Crippen LogP contribution in [0.25, 0.3) is 16.6 Å². The average molecular weight is 523 g/mol. The van der Waals surface area contributed by atoms with Gasteiger partial charge in [0.05, 0.1) is 35.7 Å². The molecule has 1 N–H and O–H groups in total. The van der Waals surface area contributed by atoms with Gasteiger partial charge in [0.25, 0.3) is 11.5 Å². The van der Waals surface area contributed by atoms with Crippen molar-refractivity contribution < 1.29 is 9.53 Å². The summed E-state index contributed by atoms with van der Waals surface area (Å²) >= 11 is 4.54. The van der Waals surface area contributed by atoms with Crippen molar-refractivity contribution in [1.82, 2.24) is 15.0 Å². The van der Waals surface area contributed by atoms with E-state index in [9.17, 15) is 9.59 Å². The standard InChI is InChI=1S/C24H19BrN4O3S/c1-32-19-12-10-18(11-13-19)29-23(31)20-4-2-3-5-21(20)27-24(29)33-15-22(30)28-26-14-16-6-8-17(25)9-7-16/h2-14H,15H2,1H3,(H,28,30)/b26-14-. The van der Waals surface area contributed by atoms with Crippen LogP contribution in [-0.4, -0.2) is 34.5 Å². The van der Waals surface area contributed by atoms with Crippen LogP contribution in [-0.2, 0) is 4.79 Å². The zero-order valence-electron chi connectivity index (χ0n) is 17.6. The number of hydrazone groups is 1. The number of para-hydroxylation sites is 1. The van der Waals surface area contributed by atoms with E-state index in [0.29, 0.717) is 27.5 Å². The number of nitrogens with zero attached hydrogens (tertiary/aromatic N) is 3. The molecule has 4 rings (SSSR count). The molecule has 33 heavy (non-hydrogen) atoms. The molecule has 0 saturated heterocycles. The summed E-state index contributed by atoms with van der Waals surface area (Å²) in [7, 11) is 1.58. The fourth-order valence-electron chi connectivity index (χ4n) is 3.06. The second kappa shape index (κ2) is 10.5. The highest BCUT2D eigenvalue weighted by Crippen LogP contribution is 2.22. The largest absolute Gasteiger partial charge is 0.497 e.